The lowest BCUT2D eigenvalue weighted by atomic mass is 10.1. The molecule has 1 unspecified atom stereocenters. The van der Waals surface area contributed by atoms with Gasteiger partial charge in [0.2, 0.25) is 0 Å². The van der Waals surface area contributed by atoms with E-state index in [0.29, 0.717) is 5.56 Å². The number of para-hydroxylation sites is 1. The number of rotatable bonds is 7. The minimum Gasteiger partial charge on any atom is -0.424 e. The van der Waals surface area contributed by atoms with Gasteiger partial charge in [0.1, 0.15) is 12.0 Å². The number of benzene rings is 1. The highest BCUT2D eigenvalue weighted by molar-refractivity contribution is 7.53. The van der Waals surface area contributed by atoms with Gasteiger partial charge in [-0.25, -0.2) is 9.36 Å². The largest absolute Gasteiger partial charge is 0.424 e. The Morgan fingerprint density at radius 2 is 2.14 bits per heavy atom. The highest BCUT2D eigenvalue weighted by atomic mass is 31.2. The number of aryl methyl sites for hydroxylation is 1. The van der Waals surface area contributed by atoms with E-state index in [4.69, 9.17) is 14.8 Å². The summed E-state index contributed by atoms with van der Waals surface area (Å²) in [5, 5.41) is 3.69. The van der Waals surface area contributed by atoms with Crippen LogP contribution < -0.4 is 15.8 Å². The van der Waals surface area contributed by atoms with E-state index in [-0.39, 0.29) is 24.8 Å². The fourth-order valence-corrected chi connectivity index (χ4v) is 4.24. The second-order valence-electron chi connectivity index (χ2n) is 6.67. The first kappa shape index (κ1) is 20.9. The number of aromatic amines is 1. The monoisotopic (exact) mass is 421 g/mol. The Kier molecular flexibility index (Phi) is 6.24. The highest BCUT2D eigenvalue weighted by Gasteiger charge is 2.37. The van der Waals surface area contributed by atoms with Crippen molar-refractivity contribution >= 4 is 7.60 Å². The van der Waals surface area contributed by atoms with Crippen molar-refractivity contribution in [3.63, 3.8) is 0 Å². The van der Waals surface area contributed by atoms with Gasteiger partial charge in [0.15, 0.2) is 0 Å². The average molecular weight is 421 g/mol. The van der Waals surface area contributed by atoms with E-state index < -0.39 is 37.2 Å². The number of ether oxygens (including phenoxy) is 1. The standard InChI is InChI=1S/C17H20N5O6P/c1-11-10-22(17(24)19-16(11)23)15-9-13(20-21-18)14(27-15)7-8-29(25,26)28-12-5-3-2-4-6-12/h2-6,10,13-15H,7-9H2,1H3,(H,25,26)(H,19,23,24)/t13-,14+,15+/m0/s1. The minimum atomic E-state index is -3.96. The molecule has 0 amide bonds. The molecule has 11 nitrogen and oxygen atoms in total. The van der Waals surface area contributed by atoms with Crippen molar-refractivity contribution in [3.05, 3.63) is 73.4 Å². The van der Waals surface area contributed by atoms with E-state index in [0.717, 1.165) is 0 Å². The first-order valence-electron chi connectivity index (χ1n) is 8.87. The number of nitrogens with one attached hydrogen (secondary N) is 1. The predicted octanol–water partition coefficient (Wildman–Crippen LogP) is 2.47. The molecule has 0 radical (unpaired) electrons. The molecule has 1 aromatic carbocycles. The summed E-state index contributed by atoms with van der Waals surface area (Å²) in [6, 6.07) is 7.62. The van der Waals surface area contributed by atoms with Crippen LogP contribution in [-0.2, 0) is 9.30 Å². The van der Waals surface area contributed by atoms with Crippen molar-refractivity contribution in [2.45, 2.75) is 38.1 Å². The summed E-state index contributed by atoms with van der Waals surface area (Å²) in [5.74, 6) is 0.269. The van der Waals surface area contributed by atoms with Crippen LogP contribution in [0.4, 0.5) is 0 Å². The summed E-state index contributed by atoms with van der Waals surface area (Å²) in [7, 11) is -3.96. The van der Waals surface area contributed by atoms with Gasteiger partial charge in [-0.2, -0.15) is 0 Å². The van der Waals surface area contributed by atoms with E-state index in [1.54, 1.807) is 37.3 Å². The fourth-order valence-electron chi connectivity index (χ4n) is 3.12. The molecule has 2 N–H and O–H groups in total. The number of H-pyrrole nitrogens is 1. The third kappa shape index (κ3) is 5.16. The summed E-state index contributed by atoms with van der Waals surface area (Å²) in [6.07, 6.45) is -0.0399. The van der Waals surface area contributed by atoms with Crippen LogP contribution in [0.25, 0.3) is 10.4 Å². The van der Waals surface area contributed by atoms with Crippen LogP contribution in [0.15, 0.2) is 51.2 Å². The van der Waals surface area contributed by atoms with Crippen molar-refractivity contribution in [1.82, 2.24) is 9.55 Å². The van der Waals surface area contributed by atoms with Gasteiger partial charge >= 0.3 is 13.3 Å². The summed E-state index contributed by atoms with van der Waals surface area (Å²) < 4.78 is 24.6. The van der Waals surface area contributed by atoms with Crippen LogP contribution in [0.3, 0.4) is 0 Å². The molecule has 12 heteroatoms. The zero-order valence-corrected chi connectivity index (χ0v) is 16.4. The topological polar surface area (TPSA) is 159 Å². The van der Waals surface area contributed by atoms with Crippen LogP contribution in [0, 0.1) is 6.92 Å². The molecule has 0 aliphatic carbocycles. The number of aromatic nitrogens is 2. The molecular formula is C17H20N5O6P. The molecule has 1 aliphatic rings. The van der Waals surface area contributed by atoms with Gasteiger partial charge in [-0.3, -0.25) is 14.3 Å². The van der Waals surface area contributed by atoms with Gasteiger partial charge < -0.3 is 14.2 Å². The van der Waals surface area contributed by atoms with E-state index >= 15 is 0 Å². The predicted molar refractivity (Wildman–Crippen MR) is 104 cm³/mol. The SMILES string of the molecule is Cc1cn([C@H]2C[C@H](N=[N+]=[N-])[C@@H](CCP(=O)(O)Oc3ccccc3)O2)c(=O)[nH]c1=O. The molecule has 1 aromatic heterocycles. The Morgan fingerprint density at radius 1 is 1.41 bits per heavy atom. The van der Waals surface area contributed by atoms with Crippen molar-refractivity contribution in [1.29, 1.82) is 0 Å². The molecular weight excluding hydrogens is 401 g/mol. The average Bonchev–Trinajstić information content (AvgIpc) is 3.06. The zero-order valence-electron chi connectivity index (χ0n) is 15.5. The van der Waals surface area contributed by atoms with Gasteiger partial charge in [0.05, 0.1) is 18.3 Å². The molecule has 0 spiro atoms. The van der Waals surface area contributed by atoms with Crippen LogP contribution in [0.2, 0.25) is 0 Å². The molecule has 0 saturated carbocycles. The quantitative estimate of drug-likeness (QED) is 0.302. The van der Waals surface area contributed by atoms with E-state index in [1.165, 1.54) is 10.8 Å². The molecule has 1 aliphatic heterocycles. The van der Waals surface area contributed by atoms with Crippen LogP contribution in [0.5, 0.6) is 5.75 Å². The molecule has 3 rings (SSSR count). The Balaban J connectivity index is 1.72. The first-order valence-corrected chi connectivity index (χ1v) is 10.6. The molecule has 154 valence electrons. The van der Waals surface area contributed by atoms with E-state index in [1.807, 2.05) is 0 Å². The molecule has 1 fully saturated rings. The fraction of sp³-hybridized carbons (Fsp3) is 0.412. The third-order valence-corrected chi connectivity index (χ3v) is 5.87. The third-order valence-electron chi connectivity index (χ3n) is 4.55. The summed E-state index contributed by atoms with van der Waals surface area (Å²) in [6.45, 7) is 1.55. The maximum Gasteiger partial charge on any atom is 0.376 e. The smallest absolute Gasteiger partial charge is 0.376 e. The second kappa shape index (κ2) is 8.67. The molecule has 1 saturated heterocycles. The van der Waals surface area contributed by atoms with Crippen LogP contribution in [-0.4, -0.2) is 32.8 Å². The van der Waals surface area contributed by atoms with Crippen LogP contribution >= 0.6 is 7.60 Å². The summed E-state index contributed by atoms with van der Waals surface area (Å²) >= 11 is 0. The second-order valence-corrected chi connectivity index (χ2v) is 8.57. The zero-order chi connectivity index (χ0) is 21.0. The summed E-state index contributed by atoms with van der Waals surface area (Å²) in [5.41, 5.74) is 8.00. The molecule has 0 bridgehead atoms. The Labute approximate surface area is 165 Å². The molecule has 4 atom stereocenters. The molecule has 2 aromatic rings. The minimum absolute atomic E-state index is 0.0812. The maximum absolute atomic E-state index is 12.4. The number of hydrogen-bond acceptors (Lipinski definition) is 6. The van der Waals surface area contributed by atoms with Gasteiger partial charge in [-0.15, -0.1) is 0 Å². The number of nitrogens with zero attached hydrogens (tertiary/aromatic N) is 4. The van der Waals surface area contributed by atoms with Crippen molar-refractivity contribution in [2.75, 3.05) is 6.16 Å². The Morgan fingerprint density at radius 3 is 2.83 bits per heavy atom. The van der Waals surface area contributed by atoms with E-state index in [2.05, 4.69) is 15.0 Å². The number of hydrogen-bond donors (Lipinski definition) is 2. The lowest BCUT2D eigenvalue weighted by Crippen LogP contribution is -2.33. The van der Waals surface area contributed by atoms with E-state index in [9.17, 15) is 19.0 Å². The molecule has 2 heterocycles. The Hall–Kier alpha value is -2.84. The lowest BCUT2D eigenvalue weighted by molar-refractivity contribution is -0.00423. The van der Waals surface area contributed by atoms with Gasteiger partial charge in [0.25, 0.3) is 5.56 Å². The van der Waals surface area contributed by atoms with Gasteiger partial charge in [-0.1, -0.05) is 23.3 Å². The normalized spacial score (nSPS) is 23.2. The van der Waals surface area contributed by atoms with Crippen molar-refractivity contribution in [3.8, 4) is 5.75 Å². The lowest BCUT2D eigenvalue weighted by Gasteiger charge is -2.19. The van der Waals surface area contributed by atoms with Crippen LogP contribution in [0.1, 0.15) is 24.6 Å². The van der Waals surface area contributed by atoms with Gasteiger partial charge in [-0.05, 0) is 31.0 Å². The van der Waals surface area contributed by atoms with Crippen molar-refractivity contribution in [2.24, 2.45) is 5.11 Å². The molecule has 29 heavy (non-hydrogen) atoms. The highest BCUT2D eigenvalue weighted by Crippen LogP contribution is 2.45. The maximum atomic E-state index is 12.4. The van der Waals surface area contributed by atoms with Gasteiger partial charge in [0, 0.05) is 23.1 Å². The number of azide groups is 1. The summed E-state index contributed by atoms with van der Waals surface area (Å²) in [4.78, 5) is 38.8. The first-order chi connectivity index (χ1) is 13.8. The Bertz CT molecular complexity index is 1080. The van der Waals surface area contributed by atoms with Crippen molar-refractivity contribution < 1.29 is 18.7 Å².